The van der Waals surface area contributed by atoms with Crippen molar-refractivity contribution >= 4 is 6.29 Å². The monoisotopic (exact) mass is 209 g/mol. The lowest BCUT2D eigenvalue weighted by Gasteiger charge is -2.13. The molecule has 1 aromatic rings. The molecule has 78 valence electrons. The van der Waals surface area contributed by atoms with Crippen molar-refractivity contribution in [2.75, 3.05) is 0 Å². The van der Waals surface area contributed by atoms with E-state index in [0.717, 1.165) is 6.07 Å². The van der Waals surface area contributed by atoms with Crippen LogP contribution in [0.5, 0.6) is 0 Å². The molecule has 0 spiro atoms. The Kier molecular flexibility index (Phi) is 3.50. The predicted octanol–water partition coefficient (Wildman–Crippen LogP) is 0.556. The van der Waals surface area contributed by atoms with Gasteiger partial charge in [-0.15, -0.1) is 0 Å². The third-order valence-electron chi connectivity index (χ3n) is 1.95. The van der Waals surface area contributed by atoms with Gasteiger partial charge in [-0.25, -0.2) is 4.39 Å². The maximum atomic E-state index is 13.1. The zero-order chi connectivity index (χ0) is 11.4. The summed E-state index contributed by atoms with van der Waals surface area (Å²) >= 11 is 0. The lowest BCUT2D eigenvalue weighted by Crippen LogP contribution is -2.17. The molecule has 0 fully saturated rings. The van der Waals surface area contributed by atoms with Gasteiger partial charge in [0.2, 0.25) is 0 Å². The fourth-order valence-corrected chi connectivity index (χ4v) is 1.18. The zero-order valence-corrected chi connectivity index (χ0v) is 7.59. The van der Waals surface area contributed by atoms with Gasteiger partial charge in [0.05, 0.1) is 11.6 Å². The molecule has 2 unspecified atom stereocenters. The minimum atomic E-state index is -1.69. The van der Waals surface area contributed by atoms with Crippen molar-refractivity contribution in [1.82, 2.24) is 0 Å². The Balaban J connectivity index is 3.20. The number of benzene rings is 1. The molecule has 0 aliphatic carbocycles. The Morgan fingerprint density at radius 2 is 2.13 bits per heavy atom. The number of nitriles is 1. The Morgan fingerprint density at radius 3 is 2.67 bits per heavy atom. The van der Waals surface area contributed by atoms with Gasteiger partial charge in [-0.1, -0.05) is 12.1 Å². The van der Waals surface area contributed by atoms with Crippen LogP contribution in [0.1, 0.15) is 22.0 Å². The highest BCUT2D eigenvalue weighted by Crippen LogP contribution is 2.21. The third-order valence-corrected chi connectivity index (χ3v) is 1.95. The average molecular weight is 209 g/mol. The minimum Gasteiger partial charge on any atom is -0.385 e. The SMILES string of the molecule is N#CC(O)C(O)c1cccc(F)c1C=O. The predicted molar refractivity (Wildman–Crippen MR) is 48.4 cm³/mol. The minimum absolute atomic E-state index is 0.0981. The van der Waals surface area contributed by atoms with Gasteiger partial charge in [-0.3, -0.25) is 4.79 Å². The number of rotatable bonds is 3. The Labute approximate surface area is 85.2 Å². The topological polar surface area (TPSA) is 81.3 Å². The van der Waals surface area contributed by atoms with Crippen molar-refractivity contribution in [3.8, 4) is 6.07 Å². The second kappa shape index (κ2) is 4.64. The smallest absolute Gasteiger partial charge is 0.170 e. The summed E-state index contributed by atoms with van der Waals surface area (Å²) in [5.41, 5.74) is -0.446. The second-order valence-corrected chi connectivity index (χ2v) is 2.88. The summed E-state index contributed by atoms with van der Waals surface area (Å²) in [6.45, 7) is 0. The van der Waals surface area contributed by atoms with E-state index in [9.17, 15) is 14.3 Å². The zero-order valence-electron chi connectivity index (χ0n) is 7.59. The van der Waals surface area contributed by atoms with Crippen LogP contribution >= 0.6 is 0 Å². The number of carbonyl (C=O) groups excluding carboxylic acids is 1. The van der Waals surface area contributed by atoms with Crippen LogP contribution < -0.4 is 0 Å². The van der Waals surface area contributed by atoms with E-state index >= 15 is 0 Å². The molecule has 0 radical (unpaired) electrons. The first kappa shape index (κ1) is 11.3. The third kappa shape index (κ3) is 2.18. The molecule has 15 heavy (non-hydrogen) atoms. The van der Waals surface area contributed by atoms with Crippen LogP contribution in [0.25, 0.3) is 0 Å². The molecule has 0 amide bonds. The van der Waals surface area contributed by atoms with E-state index in [1.807, 2.05) is 0 Å². The van der Waals surface area contributed by atoms with Crippen LogP contribution in [0.2, 0.25) is 0 Å². The number of carbonyl (C=O) groups is 1. The standard InChI is InChI=1S/C10H8FNO3/c11-8-3-1-2-6(7(8)5-13)10(15)9(14)4-12/h1-3,5,9-10,14-15H. The summed E-state index contributed by atoms with van der Waals surface area (Å²) in [5.74, 6) is -0.799. The lowest BCUT2D eigenvalue weighted by molar-refractivity contribution is 0.0519. The Bertz CT molecular complexity index is 414. The van der Waals surface area contributed by atoms with Gasteiger partial charge in [0.1, 0.15) is 11.9 Å². The summed E-state index contributed by atoms with van der Waals surface area (Å²) in [5, 5.41) is 26.8. The van der Waals surface area contributed by atoms with Gasteiger partial charge in [0, 0.05) is 0 Å². The first-order valence-corrected chi connectivity index (χ1v) is 4.11. The molecule has 1 aromatic carbocycles. The maximum absolute atomic E-state index is 13.1. The van der Waals surface area contributed by atoms with Crippen LogP contribution in [0, 0.1) is 17.1 Å². The fraction of sp³-hybridized carbons (Fsp3) is 0.200. The van der Waals surface area contributed by atoms with E-state index in [4.69, 9.17) is 10.4 Å². The van der Waals surface area contributed by atoms with Crippen LogP contribution in [0.3, 0.4) is 0 Å². The van der Waals surface area contributed by atoms with Crippen molar-refractivity contribution in [2.45, 2.75) is 12.2 Å². The van der Waals surface area contributed by atoms with Crippen molar-refractivity contribution < 1.29 is 19.4 Å². The van der Waals surface area contributed by atoms with Gasteiger partial charge in [0.25, 0.3) is 0 Å². The summed E-state index contributed by atoms with van der Waals surface area (Å²) in [4.78, 5) is 10.5. The van der Waals surface area contributed by atoms with Crippen LogP contribution in [-0.4, -0.2) is 22.6 Å². The molecular weight excluding hydrogens is 201 g/mol. The summed E-state index contributed by atoms with van der Waals surface area (Å²) in [7, 11) is 0. The molecule has 0 aliphatic rings. The average Bonchev–Trinajstić information content (AvgIpc) is 2.26. The quantitative estimate of drug-likeness (QED) is 0.562. The second-order valence-electron chi connectivity index (χ2n) is 2.88. The van der Waals surface area contributed by atoms with Crippen molar-refractivity contribution in [3.63, 3.8) is 0 Å². The summed E-state index contributed by atoms with van der Waals surface area (Å²) in [6.07, 6.45) is -3.05. The highest BCUT2D eigenvalue weighted by molar-refractivity contribution is 5.78. The maximum Gasteiger partial charge on any atom is 0.170 e. The number of aliphatic hydroxyl groups is 2. The number of hydrogen-bond donors (Lipinski definition) is 2. The molecule has 0 aliphatic heterocycles. The van der Waals surface area contributed by atoms with Gasteiger partial charge in [-0.2, -0.15) is 5.26 Å². The van der Waals surface area contributed by atoms with Crippen molar-refractivity contribution in [3.05, 3.63) is 35.1 Å². The van der Waals surface area contributed by atoms with Gasteiger partial charge < -0.3 is 10.2 Å². The summed E-state index contributed by atoms with van der Waals surface area (Å²) < 4.78 is 13.1. The number of aliphatic hydroxyl groups excluding tert-OH is 2. The fourth-order valence-electron chi connectivity index (χ4n) is 1.18. The van der Waals surface area contributed by atoms with E-state index in [2.05, 4.69) is 0 Å². The molecule has 2 atom stereocenters. The van der Waals surface area contributed by atoms with E-state index in [0.29, 0.717) is 0 Å². The van der Waals surface area contributed by atoms with Gasteiger partial charge >= 0.3 is 0 Å². The van der Waals surface area contributed by atoms with E-state index in [1.165, 1.54) is 18.2 Å². The number of aldehydes is 1. The normalized spacial score (nSPS) is 14.0. The van der Waals surface area contributed by atoms with Crippen LogP contribution in [0.4, 0.5) is 4.39 Å². The number of halogens is 1. The molecule has 0 saturated heterocycles. The van der Waals surface area contributed by atoms with E-state index < -0.39 is 18.0 Å². The molecule has 0 saturated carbocycles. The molecule has 1 rings (SSSR count). The largest absolute Gasteiger partial charge is 0.385 e. The highest BCUT2D eigenvalue weighted by Gasteiger charge is 2.22. The molecule has 0 heterocycles. The molecule has 4 nitrogen and oxygen atoms in total. The number of nitrogens with zero attached hydrogens (tertiary/aromatic N) is 1. The van der Waals surface area contributed by atoms with Crippen LogP contribution in [-0.2, 0) is 0 Å². The van der Waals surface area contributed by atoms with Crippen molar-refractivity contribution in [1.29, 1.82) is 5.26 Å². The van der Waals surface area contributed by atoms with E-state index in [-0.39, 0.29) is 17.4 Å². The lowest BCUT2D eigenvalue weighted by atomic mass is 9.99. The Hall–Kier alpha value is -1.77. The van der Waals surface area contributed by atoms with Gasteiger partial charge in [0.15, 0.2) is 12.4 Å². The van der Waals surface area contributed by atoms with E-state index in [1.54, 1.807) is 0 Å². The molecule has 0 bridgehead atoms. The van der Waals surface area contributed by atoms with Crippen molar-refractivity contribution in [2.24, 2.45) is 0 Å². The molecule has 2 N–H and O–H groups in total. The summed E-state index contributed by atoms with van der Waals surface area (Å²) in [6, 6.07) is 5.01. The molecular formula is C10H8FNO3. The first-order valence-electron chi connectivity index (χ1n) is 4.11. The number of hydrogen-bond acceptors (Lipinski definition) is 4. The van der Waals surface area contributed by atoms with Crippen LogP contribution in [0.15, 0.2) is 18.2 Å². The molecule has 0 aromatic heterocycles. The Morgan fingerprint density at radius 1 is 1.47 bits per heavy atom. The van der Waals surface area contributed by atoms with Gasteiger partial charge in [-0.05, 0) is 11.6 Å². The highest BCUT2D eigenvalue weighted by atomic mass is 19.1. The molecule has 5 heteroatoms. The first-order chi connectivity index (χ1) is 7.11.